The fourth-order valence-electron chi connectivity index (χ4n) is 2.88. The molecule has 2 rings (SSSR count). The van der Waals surface area contributed by atoms with Gasteiger partial charge in [-0.2, -0.15) is 0 Å². The van der Waals surface area contributed by atoms with Crippen LogP contribution in [-0.2, 0) is 16.0 Å². The maximum absolute atomic E-state index is 11.0. The molecule has 0 aliphatic rings. The molecule has 2 aromatic carbocycles. The highest BCUT2D eigenvalue weighted by molar-refractivity contribution is 5.67. The predicted octanol–water partition coefficient (Wildman–Crippen LogP) is 6.10. The summed E-state index contributed by atoms with van der Waals surface area (Å²) in [5, 5.41) is 0. The zero-order valence-electron chi connectivity index (χ0n) is 15.0. The van der Waals surface area contributed by atoms with Crippen molar-refractivity contribution in [2.24, 2.45) is 0 Å². The number of ether oxygens (including phenoxy) is 1. The first kappa shape index (κ1) is 18.3. The van der Waals surface area contributed by atoms with E-state index >= 15 is 0 Å². The van der Waals surface area contributed by atoms with Crippen LogP contribution in [0.4, 0.5) is 0 Å². The van der Waals surface area contributed by atoms with Crippen molar-refractivity contribution in [1.82, 2.24) is 0 Å². The molecule has 0 amide bonds. The lowest BCUT2D eigenvalue weighted by atomic mass is 9.99. The number of rotatable bonds is 8. The molecule has 24 heavy (non-hydrogen) atoms. The number of unbranched alkanes of at least 4 members (excludes halogenated alkanes) is 3. The molecule has 0 radical (unpaired) electrons. The Morgan fingerprint density at radius 3 is 2.04 bits per heavy atom. The van der Waals surface area contributed by atoms with E-state index < -0.39 is 0 Å². The van der Waals surface area contributed by atoms with Gasteiger partial charge in [-0.05, 0) is 42.0 Å². The van der Waals surface area contributed by atoms with Gasteiger partial charge in [0.15, 0.2) is 0 Å². The Balaban J connectivity index is 1.97. The summed E-state index contributed by atoms with van der Waals surface area (Å²) in [5.74, 6) is -0.249. The van der Waals surface area contributed by atoms with E-state index in [0.717, 1.165) is 5.56 Å². The van der Waals surface area contributed by atoms with E-state index in [-0.39, 0.29) is 12.1 Å². The highest BCUT2D eigenvalue weighted by Gasteiger charge is 2.08. The first-order valence-electron chi connectivity index (χ1n) is 8.96. The van der Waals surface area contributed by atoms with Crippen molar-refractivity contribution in [3.63, 3.8) is 0 Å². The second kappa shape index (κ2) is 9.27. The zero-order chi connectivity index (χ0) is 17.4. The van der Waals surface area contributed by atoms with Crippen LogP contribution in [0.25, 0.3) is 11.1 Å². The molecular weight excluding hydrogens is 296 g/mol. The second-order valence-corrected chi connectivity index (χ2v) is 6.38. The minimum absolute atomic E-state index is 0.206. The average molecular weight is 324 g/mol. The summed E-state index contributed by atoms with van der Waals surface area (Å²) in [6.07, 6.45) is 6.17. The van der Waals surface area contributed by atoms with Gasteiger partial charge in [0.25, 0.3) is 0 Å². The number of carbonyl (C=O) groups excluding carboxylic acids is 1. The highest BCUT2D eigenvalue weighted by atomic mass is 16.5. The van der Waals surface area contributed by atoms with Crippen molar-refractivity contribution < 1.29 is 9.53 Å². The third-order valence-electron chi connectivity index (χ3n) is 4.33. The van der Waals surface area contributed by atoms with E-state index in [4.69, 9.17) is 4.74 Å². The van der Waals surface area contributed by atoms with Crippen LogP contribution >= 0.6 is 0 Å². The molecule has 0 aromatic heterocycles. The van der Waals surface area contributed by atoms with Gasteiger partial charge >= 0.3 is 5.97 Å². The molecule has 0 heterocycles. The van der Waals surface area contributed by atoms with Crippen LogP contribution < -0.4 is 0 Å². The molecule has 1 unspecified atom stereocenters. The number of esters is 1. The first-order chi connectivity index (χ1) is 11.6. The van der Waals surface area contributed by atoms with E-state index in [1.807, 2.05) is 19.1 Å². The van der Waals surface area contributed by atoms with E-state index in [1.54, 1.807) is 0 Å². The molecule has 0 aliphatic carbocycles. The summed E-state index contributed by atoms with van der Waals surface area (Å²) < 4.78 is 5.21. The van der Waals surface area contributed by atoms with Crippen molar-refractivity contribution in [2.75, 3.05) is 0 Å². The molecule has 0 saturated heterocycles. The van der Waals surface area contributed by atoms with Crippen LogP contribution in [0.2, 0.25) is 0 Å². The van der Waals surface area contributed by atoms with Gasteiger partial charge in [0, 0.05) is 6.92 Å². The zero-order valence-corrected chi connectivity index (χ0v) is 15.0. The topological polar surface area (TPSA) is 26.3 Å². The van der Waals surface area contributed by atoms with Crippen LogP contribution in [0.1, 0.15) is 63.7 Å². The Kier molecular flexibility index (Phi) is 7.05. The Morgan fingerprint density at radius 2 is 1.50 bits per heavy atom. The maximum Gasteiger partial charge on any atom is 0.303 e. The normalized spacial score (nSPS) is 12.0. The van der Waals surface area contributed by atoms with Crippen molar-refractivity contribution in [1.29, 1.82) is 0 Å². The molecule has 1 atom stereocenters. The van der Waals surface area contributed by atoms with Crippen LogP contribution in [0.5, 0.6) is 0 Å². The molecule has 0 N–H and O–H groups in total. The largest absolute Gasteiger partial charge is 0.458 e. The fraction of sp³-hybridized carbons (Fsp3) is 0.409. The molecule has 2 heteroatoms. The molecule has 128 valence electrons. The fourth-order valence-corrected chi connectivity index (χ4v) is 2.88. The van der Waals surface area contributed by atoms with Gasteiger partial charge in [-0.15, -0.1) is 0 Å². The Bertz CT molecular complexity index is 626. The van der Waals surface area contributed by atoms with Crippen molar-refractivity contribution in [2.45, 2.75) is 59.0 Å². The molecule has 0 bridgehead atoms. The highest BCUT2D eigenvalue weighted by Crippen LogP contribution is 2.24. The van der Waals surface area contributed by atoms with E-state index in [0.29, 0.717) is 0 Å². The molecule has 0 spiro atoms. The SMILES string of the molecule is CCCCCCc1ccc(-c2ccc(C(C)OC(C)=O)cc2)cc1. The average Bonchev–Trinajstić information content (AvgIpc) is 2.59. The van der Waals surface area contributed by atoms with Gasteiger partial charge in [0.2, 0.25) is 0 Å². The summed E-state index contributed by atoms with van der Waals surface area (Å²) in [7, 11) is 0. The van der Waals surface area contributed by atoms with Crippen molar-refractivity contribution >= 4 is 5.97 Å². The molecule has 0 fully saturated rings. The van der Waals surface area contributed by atoms with Crippen molar-refractivity contribution in [3.8, 4) is 11.1 Å². The molecule has 2 aromatic rings. The quantitative estimate of drug-likeness (QED) is 0.433. The van der Waals surface area contributed by atoms with Crippen molar-refractivity contribution in [3.05, 3.63) is 59.7 Å². The monoisotopic (exact) mass is 324 g/mol. The van der Waals surface area contributed by atoms with Gasteiger partial charge in [-0.3, -0.25) is 4.79 Å². The molecule has 0 aliphatic heterocycles. The lowest BCUT2D eigenvalue weighted by molar-refractivity contribution is -0.145. The summed E-state index contributed by atoms with van der Waals surface area (Å²) in [4.78, 5) is 11.0. The Morgan fingerprint density at radius 1 is 0.917 bits per heavy atom. The van der Waals surface area contributed by atoms with Crippen LogP contribution in [0.15, 0.2) is 48.5 Å². The summed E-state index contributed by atoms with van der Waals surface area (Å²) in [6, 6.07) is 17.1. The summed E-state index contributed by atoms with van der Waals surface area (Å²) >= 11 is 0. The standard InChI is InChI=1S/C22H28O2/c1-4-5-6-7-8-19-9-11-21(12-10-19)22-15-13-20(14-16-22)17(2)24-18(3)23/h9-17H,4-8H2,1-3H3. The molecule has 0 saturated carbocycles. The lowest BCUT2D eigenvalue weighted by Gasteiger charge is -2.12. The number of benzene rings is 2. The third-order valence-corrected chi connectivity index (χ3v) is 4.33. The van der Waals surface area contributed by atoms with Gasteiger partial charge in [0.1, 0.15) is 6.10 Å². The lowest BCUT2D eigenvalue weighted by Crippen LogP contribution is -2.04. The second-order valence-electron chi connectivity index (χ2n) is 6.38. The molecular formula is C22H28O2. The first-order valence-corrected chi connectivity index (χ1v) is 8.96. The Labute approximate surface area is 145 Å². The summed E-state index contributed by atoms with van der Waals surface area (Å²) in [5.41, 5.74) is 4.83. The molecule has 2 nitrogen and oxygen atoms in total. The predicted molar refractivity (Wildman–Crippen MR) is 99.9 cm³/mol. The minimum atomic E-state index is -0.249. The van der Waals surface area contributed by atoms with Crippen LogP contribution in [-0.4, -0.2) is 5.97 Å². The third kappa shape index (κ3) is 5.52. The smallest absolute Gasteiger partial charge is 0.303 e. The number of hydrogen-bond acceptors (Lipinski definition) is 2. The van der Waals surface area contributed by atoms with E-state index in [1.165, 1.54) is 55.7 Å². The van der Waals surface area contributed by atoms with Gasteiger partial charge < -0.3 is 4.74 Å². The van der Waals surface area contributed by atoms with Crippen LogP contribution in [0.3, 0.4) is 0 Å². The van der Waals surface area contributed by atoms with Gasteiger partial charge in [-0.1, -0.05) is 74.7 Å². The Hall–Kier alpha value is -2.09. The summed E-state index contributed by atoms with van der Waals surface area (Å²) in [6.45, 7) is 5.57. The maximum atomic E-state index is 11.0. The van der Waals surface area contributed by atoms with E-state index in [9.17, 15) is 4.79 Å². The van der Waals surface area contributed by atoms with Gasteiger partial charge in [-0.25, -0.2) is 0 Å². The van der Waals surface area contributed by atoms with Crippen LogP contribution in [0, 0.1) is 0 Å². The van der Waals surface area contributed by atoms with E-state index in [2.05, 4.69) is 43.3 Å². The number of carbonyl (C=O) groups is 1. The number of hydrogen-bond donors (Lipinski definition) is 0. The minimum Gasteiger partial charge on any atom is -0.458 e. The van der Waals surface area contributed by atoms with Gasteiger partial charge in [0.05, 0.1) is 0 Å². The number of aryl methyl sites for hydroxylation is 1.